The van der Waals surface area contributed by atoms with Gasteiger partial charge in [0.2, 0.25) is 0 Å². The van der Waals surface area contributed by atoms with Crippen molar-refractivity contribution in [3.05, 3.63) is 41.4 Å². The molecule has 2 saturated heterocycles. The third kappa shape index (κ3) is 3.74. The average Bonchev–Trinajstić information content (AvgIpc) is 3.30. The molecule has 1 aromatic heterocycles. The molecule has 3 N–H and O–H groups in total. The van der Waals surface area contributed by atoms with Gasteiger partial charge in [0.1, 0.15) is 0 Å². The van der Waals surface area contributed by atoms with Gasteiger partial charge in [-0.2, -0.15) is 4.98 Å². The molecule has 158 valence electrons. The second-order valence-corrected chi connectivity index (χ2v) is 8.29. The first-order valence-electron chi connectivity index (χ1n) is 10.2. The molecule has 8 heteroatoms. The molecule has 2 aliphatic heterocycles. The van der Waals surface area contributed by atoms with Gasteiger partial charge in [-0.3, -0.25) is 0 Å². The third-order valence-corrected chi connectivity index (χ3v) is 6.13. The van der Waals surface area contributed by atoms with Gasteiger partial charge in [0, 0.05) is 30.8 Å². The maximum Gasteiger partial charge on any atom is 0.295 e. The van der Waals surface area contributed by atoms with Crippen LogP contribution in [0.4, 0.5) is 5.69 Å². The zero-order chi connectivity index (χ0) is 20.7. The largest absolute Gasteiger partial charge is 0.456 e. The number of rotatable bonds is 6. The van der Waals surface area contributed by atoms with Gasteiger partial charge >= 0.3 is 0 Å². The predicted molar refractivity (Wildman–Crippen MR) is 115 cm³/mol. The van der Waals surface area contributed by atoms with Crippen molar-refractivity contribution in [3.8, 4) is 17.1 Å². The smallest absolute Gasteiger partial charge is 0.295 e. The predicted octanol–water partition coefficient (Wildman–Crippen LogP) is 2.98. The molecule has 3 heterocycles. The van der Waals surface area contributed by atoms with Crippen LogP contribution in [-0.2, 0) is 4.74 Å². The lowest BCUT2D eigenvalue weighted by Crippen LogP contribution is -2.36. The SMILES string of the molecule is OCC(Oc1nc2cc(-c3ccc(N4CCC4)cc3)c(Cl)cc2[nH]1)C1CC(O)CO1. The van der Waals surface area contributed by atoms with Crippen LogP contribution in [0, 0.1) is 0 Å². The molecule has 0 spiro atoms. The van der Waals surface area contributed by atoms with E-state index in [2.05, 4.69) is 39.1 Å². The number of hydrogen-bond donors (Lipinski definition) is 3. The highest BCUT2D eigenvalue weighted by Crippen LogP contribution is 2.34. The van der Waals surface area contributed by atoms with E-state index in [1.807, 2.05) is 12.1 Å². The Balaban J connectivity index is 1.38. The molecule has 3 atom stereocenters. The van der Waals surface area contributed by atoms with Crippen molar-refractivity contribution in [2.45, 2.75) is 31.2 Å². The van der Waals surface area contributed by atoms with E-state index < -0.39 is 12.2 Å². The Morgan fingerprint density at radius 2 is 2.07 bits per heavy atom. The maximum atomic E-state index is 9.68. The van der Waals surface area contributed by atoms with E-state index in [1.54, 1.807) is 0 Å². The third-order valence-electron chi connectivity index (χ3n) is 5.81. The summed E-state index contributed by atoms with van der Waals surface area (Å²) in [4.78, 5) is 9.96. The normalized spacial score (nSPS) is 22.3. The highest BCUT2D eigenvalue weighted by atomic mass is 35.5. The van der Waals surface area contributed by atoms with Crippen LogP contribution < -0.4 is 9.64 Å². The monoisotopic (exact) mass is 429 g/mol. The number of benzene rings is 2. The van der Waals surface area contributed by atoms with Gasteiger partial charge in [0.25, 0.3) is 6.01 Å². The van der Waals surface area contributed by atoms with Gasteiger partial charge in [-0.15, -0.1) is 0 Å². The number of aromatic amines is 1. The quantitative estimate of drug-likeness (QED) is 0.558. The van der Waals surface area contributed by atoms with E-state index >= 15 is 0 Å². The van der Waals surface area contributed by atoms with E-state index in [4.69, 9.17) is 21.1 Å². The van der Waals surface area contributed by atoms with E-state index in [0.29, 0.717) is 11.4 Å². The minimum Gasteiger partial charge on any atom is -0.456 e. The molecule has 0 amide bonds. The number of halogens is 1. The van der Waals surface area contributed by atoms with Crippen molar-refractivity contribution in [3.63, 3.8) is 0 Å². The Hall–Kier alpha value is -2.32. The summed E-state index contributed by atoms with van der Waals surface area (Å²) in [6.45, 7) is 2.24. The van der Waals surface area contributed by atoms with E-state index in [0.717, 1.165) is 35.2 Å². The first kappa shape index (κ1) is 19.6. The summed E-state index contributed by atoms with van der Waals surface area (Å²) in [5.41, 5.74) is 4.63. The van der Waals surface area contributed by atoms with E-state index in [1.165, 1.54) is 12.1 Å². The van der Waals surface area contributed by atoms with Gasteiger partial charge in [-0.25, -0.2) is 0 Å². The fraction of sp³-hybridized carbons (Fsp3) is 0.409. The molecule has 3 aromatic rings. The number of hydrogen-bond acceptors (Lipinski definition) is 6. The van der Waals surface area contributed by atoms with Gasteiger partial charge < -0.3 is 29.6 Å². The van der Waals surface area contributed by atoms with E-state index in [9.17, 15) is 10.2 Å². The molecule has 7 nitrogen and oxygen atoms in total. The number of fused-ring (bicyclic) bond motifs is 1. The van der Waals surface area contributed by atoms with Crippen LogP contribution in [0.2, 0.25) is 5.02 Å². The van der Waals surface area contributed by atoms with Crippen LogP contribution in [0.15, 0.2) is 36.4 Å². The molecule has 2 fully saturated rings. The minimum absolute atomic E-state index is 0.232. The number of aliphatic hydroxyl groups is 2. The fourth-order valence-corrected chi connectivity index (χ4v) is 4.26. The maximum absolute atomic E-state index is 9.68. The standard InChI is InChI=1S/C22H24ClN3O4/c23-17-10-19-18(9-16(17)13-2-4-14(5-3-13)26-6-1-7-26)24-22(25-19)30-21(11-27)20-8-15(28)12-29-20/h2-5,9-10,15,20-21,27-28H,1,6-8,11-12H2,(H,24,25). The number of aliphatic hydroxyl groups excluding tert-OH is 2. The number of nitrogens with one attached hydrogen (secondary N) is 1. The summed E-state index contributed by atoms with van der Waals surface area (Å²) in [5, 5.41) is 20.0. The lowest BCUT2D eigenvalue weighted by atomic mass is 10.0. The average molecular weight is 430 g/mol. The highest BCUT2D eigenvalue weighted by molar-refractivity contribution is 6.34. The molecule has 0 radical (unpaired) electrons. The van der Waals surface area contributed by atoms with Crippen LogP contribution in [0.5, 0.6) is 6.01 Å². The molecule has 0 saturated carbocycles. The summed E-state index contributed by atoms with van der Waals surface area (Å²) in [6, 6.07) is 12.5. The summed E-state index contributed by atoms with van der Waals surface area (Å²) in [5.74, 6) is 0. The van der Waals surface area contributed by atoms with Gasteiger partial charge in [0.05, 0.1) is 41.5 Å². The second-order valence-electron chi connectivity index (χ2n) is 7.88. The summed E-state index contributed by atoms with van der Waals surface area (Å²) in [6.07, 6.45) is 0.166. The van der Waals surface area contributed by atoms with Gasteiger partial charge in [0.15, 0.2) is 6.10 Å². The summed E-state index contributed by atoms with van der Waals surface area (Å²) in [7, 11) is 0. The molecule has 2 aliphatic rings. The molecule has 5 rings (SSSR count). The minimum atomic E-state index is -0.605. The second kappa shape index (κ2) is 8.07. The first-order chi connectivity index (χ1) is 14.6. The highest BCUT2D eigenvalue weighted by Gasteiger charge is 2.32. The summed E-state index contributed by atoms with van der Waals surface area (Å²) < 4.78 is 11.3. The number of aromatic nitrogens is 2. The first-order valence-corrected chi connectivity index (χ1v) is 10.6. The lowest BCUT2D eigenvalue weighted by Gasteiger charge is -2.33. The van der Waals surface area contributed by atoms with Crippen LogP contribution >= 0.6 is 11.6 Å². The Bertz CT molecular complexity index is 1030. The van der Waals surface area contributed by atoms with Crippen molar-refractivity contribution >= 4 is 28.3 Å². The molecular weight excluding hydrogens is 406 g/mol. The number of H-pyrrole nitrogens is 1. The Morgan fingerprint density at radius 3 is 2.70 bits per heavy atom. The number of nitrogens with zero attached hydrogens (tertiary/aromatic N) is 2. The molecule has 3 unspecified atom stereocenters. The molecule has 30 heavy (non-hydrogen) atoms. The Morgan fingerprint density at radius 1 is 1.27 bits per heavy atom. The van der Waals surface area contributed by atoms with Crippen molar-refractivity contribution in [2.24, 2.45) is 0 Å². The zero-order valence-corrected chi connectivity index (χ0v) is 17.2. The van der Waals surface area contributed by atoms with Crippen molar-refractivity contribution in [1.82, 2.24) is 9.97 Å². The van der Waals surface area contributed by atoms with Crippen LogP contribution in [0.1, 0.15) is 12.8 Å². The number of ether oxygens (including phenoxy) is 2. The van der Waals surface area contributed by atoms with Crippen LogP contribution in [0.3, 0.4) is 0 Å². The van der Waals surface area contributed by atoms with Gasteiger partial charge in [-0.05, 0) is 36.2 Å². The van der Waals surface area contributed by atoms with Crippen molar-refractivity contribution in [1.29, 1.82) is 0 Å². The van der Waals surface area contributed by atoms with Crippen molar-refractivity contribution < 1.29 is 19.7 Å². The van der Waals surface area contributed by atoms with Crippen molar-refractivity contribution in [2.75, 3.05) is 31.2 Å². The van der Waals surface area contributed by atoms with E-state index in [-0.39, 0.29) is 25.3 Å². The number of imidazole rings is 1. The molecule has 2 aromatic carbocycles. The fourth-order valence-electron chi connectivity index (χ4n) is 3.98. The Kier molecular flexibility index (Phi) is 5.28. The van der Waals surface area contributed by atoms with Crippen LogP contribution in [-0.4, -0.2) is 64.8 Å². The molecule has 0 aliphatic carbocycles. The molecular formula is C22H24ClN3O4. The lowest BCUT2D eigenvalue weighted by molar-refractivity contribution is -0.0191. The topological polar surface area (TPSA) is 90.8 Å². The van der Waals surface area contributed by atoms with Gasteiger partial charge in [-0.1, -0.05) is 23.7 Å². The summed E-state index contributed by atoms with van der Waals surface area (Å²) >= 11 is 6.55. The Labute approximate surface area is 179 Å². The number of anilines is 1. The zero-order valence-electron chi connectivity index (χ0n) is 16.4. The van der Waals surface area contributed by atoms with Crippen LogP contribution in [0.25, 0.3) is 22.2 Å². The molecule has 0 bridgehead atoms.